The van der Waals surface area contributed by atoms with E-state index in [2.05, 4.69) is 90.8 Å². The third-order valence-corrected chi connectivity index (χ3v) is 7.27. The van der Waals surface area contributed by atoms with Gasteiger partial charge < -0.3 is 5.32 Å². The molecule has 1 fully saturated rings. The predicted molar refractivity (Wildman–Crippen MR) is 135 cm³/mol. The number of thioether (sulfide) groups is 1. The Hall–Kier alpha value is -2.56. The zero-order chi connectivity index (χ0) is 22.3. The largest absolute Gasteiger partial charge is 0.326 e. The molecule has 0 radical (unpaired) electrons. The van der Waals surface area contributed by atoms with Crippen LogP contribution < -0.4 is 5.32 Å². The fraction of sp³-hybridized carbons (Fsp3) is 0.321. The van der Waals surface area contributed by atoms with Crippen LogP contribution in [0.3, 0.4) is 0 Å². The summed E-state index contributed by atoms with van der Waals surface area (Å²) in [6, 6.07) is 25.6. The van der Waals surface area contributed by atoms with E-state index in [1.54, 1.807) is 0 Å². The van der Waals surface area contributed by atoms with Crippen LogP contribution in [-0.2, 0) is 17.1 Å². The lowest BCUT2D eigenvalue weighted by atomic mass is 9.95. The van der Waals surface area contributed by atoms with E-state index in [0.29, 0.717) is 0 Å². The van der Waals surface area contributed by atoms with Gasteiger partial charge in [-0.15, -0.1) is 11.8 Å². The molecule has 3 aromatic rings. The Morgan fingerprint density at radius 2 is 1.62 bits per heavy atom. The van der Waals surface area contributed by atoms with Crippen molar-refractivity contribution in [2.45, 2.75) is 43.9 Å². The van der Waals surface area contributed by atoms with Gasteiger partial charge >= 0.3 is 0 Å². The molecule has 1 aliphatic heterocycles. The fourth-order valence-electron chi connectivity index (χ4n) is 4.18. The van der Waals surface area contributed by atoms with Crippen molar-refractivity contribution in [2.75, 3.05) is 18.4 Å². The minimum Gasteiger partial charge on any atom is -0.326 e. The minimum atomic E-state index is 0.0944. The van der Waals surface area contributed by atoms with Crippen LogP contribution in [0.5, 0.6) is 0 Å². The first-order valence-corrected chi connectivity index (χ1v) is 12.4. The number of anilines is 1. The molecule has 166 valence electrons. The van der Waals surface area contributed by atoms with Gasteiger partial charge in [-0.25, -0.2) is 0 Å². The molecule has 1 aliphatic rings. The van der Waals surface area contributed by atoms with Crippen molar-refractivity contribution in [1.82, 2.24) is 4.90 Å². The van der Waals surface area contributed by atoms with Gasteiger partial charge in [0.1, 0.15) is 0 Å². The standard InChI is InChI=1S/C28H32N2OS/c1-21-8-10-23(11-9-21)19-30-16-14-25(15-17-30)28(31)29-27-13-12-24(18-22(27)2)20-32-26-6-4-3-5-7-26/h3-13,18,25H,14-17,19-20H2,1-2H3,(H,29,31). The molecule has 0 spiro atoms. The Morgan fingerprint density at radius 1 is 0.938 bits per heavy atom. The van der Waals surface area contributed by atoms with Gasteiger partial charge in [-0.2, -0.15) is 0 Å². The molecule has 0 atom stereocenters. The van der Waals surface area contributed by atoms with Crippen LogP contribution in [0, 0.1) is 19.8 Å². The second kappa shape index (κ2) is 10.8. The average Bonchev–Trinajstić information content (AvgIpc) is 2.82. The van der Waals surface area contributed by atoms with Crippen LogP contribution in [0.4, 0.5) is 5.69 Å². The van der Waals surface area contributed by atoms with E-state index in [-0.39, 0.29) is 11.8 Å². The molecular formula is C28H32N2OS. The Bertz CT molecular complexity index is 1030. The Morgan fingerprint density at radius 3 is 2.31 bits per heavy atom. The second-order valence-electron chi connectivity index (χ2n) is 8.78. The summed E-state index contributed by atoms with van der Waals surface area (Å²) in [5.41, 5.74) is 5.98. The Labute approximate surface area is 196 Å². The van der Waals surface area contributed by atoms with E-state index in [9.17, 15) is 4.79 Å². The van der Waals surface area contributed by atoms with Gasteiger partial charge in [0, 0.05) is 28.8 Å². The minimum absolute atomic E-state index is 0.0944. The number of nitrogens with one attached hydrogen (secondary N) is 1. The van der Waals surface area contributed by atoms with Gasteiger partial charge in [0.05, 0.1) is 0 Å². The summed E-state index contributed by atoms with van der Waals surface area (Å²) < 4.78 is 0. The highest BCUT2D eigenvalue weighted by molar-refractivity contribution is 7.98. The molecule has 3 nitrogen and oxygen atoms in total. The van der Waals surface area contributed by atoms with E-state index in [1.165, 1.54) is 21.6 Å². The summed E-state index contributed by atoms with van der Waals surface area (Å²) in [6.07, 6.45) is 1.84. The number of aryl methyl sites for hydroxylation is 2. The number of piperidine rings is 1. The molecule has 32 heavy (non-hydrogen) atoms. The molecule has 4 rings (SSSR count). The number of rotatable bonds is 7. The van der Waals surface area contributed by atoms with E-state index < -0.39 is 0 Å². The van der Waals surface area contributed by atoms with E-state index in [0.717, 1.165) is 49.5 Å². The summed E-state index contributed by atoms with van der Waals surface area (Å²) in [5.74, 6) is 1.19. The maximum absolute atomic E-state index is 12.9. The lowest BCUT2D eigenvalue weighted by Gasteiger charge is -2.31. The highest BCUT2D eigenvalue weighted by Gasteiger charge is 2.25. The molecule has 0 aliphatic carbocycles. The Kier molecular flexibility index (Phi) is 7.67. The lowest BCUT2D eigenvalue weighted by molar-refractivity contribution is -0.121. The van der Waals surface area contributed by atoms with Crippen molar-refractivity contribution in [3.8, 4) is 0 Å². The van der Waals surface area contributed by atoms with Gasteiger partial charge in [-0.05, 0) is 74.7 Å². The molecule has 1 amide bonds. The highest BCUT2D eigenvalue weighted by atomic mass is 32.2. The van der Waals surface area contributed by atoms with Gasteiger partial charge in [0.15, 0.2) is 0 Å². The van der Waals surface area contributed by atoms with Crippen molar-refractivity contribution in [3.63, 3.8) is 0 Å². The second-order valence-corrected chi connectivity index (χ2v) is 9.83. The average molecular weight is 445 g/mol. The van der Waals surface area contributed by atoms with Crippen molar-refractivity contribution in [1.29, 1.82) is 0 Å². The van der Waals surface area contributed by atoms with Gasteiger partial charge in [-0.1, -0.05) is 60.2 Å². The number of carbonyl (C=O) groups excluding carboxylic acids is 1. The van der Waals surface area contributed by atoms with Crippen LogP contribution in [0.25, 0.3) is 0 Å². The third-order valence-electron chi connectivity index (χ3n) is 6.18. The van der Waals surface area contributed by atoms with E-state index >= 15 is 0 Å². The zero-order valence-corrected chi connectivity index (χ0v) is 19.8. The number of amides is 1. The monoisotopic (exact) mass is 444 g/mol. The zero-order valence-electron chi connectivity index (χ0n) is 19.0. The first-order chi connectivity index (χ1) is 15.6. The molecule has 3 aromatic carbocycles. The van der Waals surface area contributed by atoms with Crippen LogP contribution in [0.2, 0.25) is 0 Å². The maximum atomic E-state index is 12.9. The quantitative estimate of drug-likeness (QED) is 0.425. The normalized spacial score (nSPS) is 14.9. The summed E-state index contributed by atoms with van der Waals surface area (Å²) in [6.45, 7) is 7.11. The summed E-state index contributed by atoms with van der Waals surface area (Å²) in [5, 5.41) is 3.19. The van der Waals surface area contributed by atoms with Gasteiger partial charge in [0.2, 0.25) is 5.91 Å². The first-order valence-electron chi connectivity index (χ1n) is 11.4. The van der Waals surface area contributed by atoms with Crippen LogP contribution in [0.15, 0.2) is 77.7 Å². The number of nitrogens with zero attached hydrogens (tertiary/aromatic N) is 1. The maximum Gasteiger partial charge on any atom is 0.227 e. The molecular weight excluding hydrogens is 412 g/mol. The molecule has 0 unspecified atom stereocenters. The molecule has 1 heterocycles. The fourth-order valence-corrected chi connectivity index (χ4v) is 5.04. The number of benzene rings is 3. The predicted octanol–water partition coefficient (Wildman–Crippen LogP) is 6.45. The van der Waals surface area contributed by atoms with Crippen molar-refractivity contribution in [2.24, 2.45) is 5.92 Å². The molecule has 0 bridgehead atoms. The third kappa shape index (κ3) is 6.24. The van der Waals surface area contributed by atoms with Gasteiger partial charge in [-0.3, -0.25) is 9.69 Å². The number of likely N-dealkylation sites (tertiary alicyclic amines) is 1. The molecule has 0 saturated carbocycles. The summed E-state index contributed by atoms with van der Waals surface area (Å²) in [7, 11) is 0. The van der Waals surface area contributed by atoms with E-state index in [1.807, 2.05) is 17.8 Å². The van der Waals surface area contributed by atoms with Crippen LogP contribution in [0.1, 0.15) is 35.1 Å². The smallest absolute Gasteiger partial charge is 0.227 e. The molecule has 0 aromatic heterocycles. The first kappa shape index (κ1) is 22.6. The van der Waals surface area contributed by atoms with Crippen LogP contribution in [-0.4, -0.2) is 23.9 Å². The van der Waals surface area contributed by atoms with Crippen molar-refractivity contribution >= 4 is 23.4 Å². The number of hydrogen-bond donors (Lipinski definition) is 1. The molecule has 4 heteroatoms. The number of carbonyl (C=O) groups is 1. The van der Waals surface area contributed by atoms with Crippen LogP contribution >= 0.6 is 11.8 Å². The summed E-state index contributed by atoms with van der Waals surface area (Å²) >= 11 is 1.83. The lowest BCUT2D eigenvalue weighted by Crippen LogP contribution is -2.37. The molecule has 1 N–H and O–H groups in total. The Balaban J connectivity index is 1.26. The van der Waals surface area contributed by atoms with Crippen molar-refractivity contribution in [3.05, 3.63) is 95.1 Å². The summed E-state index contributed by atoms with van der Waals surface area (Å²) in [4.78, 5) is 16.6. The topological polar surface area (TPSA) is 32.3 Å². The molecule has 1 saturated heterocycles. The SMILES string of the molecule is Cc1ccc(CN2CCC(C(=O)Nc3ccc(CSc4ccccc4)cc3C)CC2)cc1. The van der Waals surface area contributed by atoms with Gasteiger partial charge in [0.25, 0.3) is 0 Å². The highest BCUT2D eigenvalue weighted by Crippen LogP contribution is 2.26. The van der Waals surface area contributed by atoms with Crippen molar-refractivity contribution < 1.29 is 4.79 Å². The number of hydrogen-bond acceptors (Lipinski definition) is 3. The van der Waals surface area contributed by atoms with E-state index in [4.69, 9.17) is 0 Å².